The fourth-order valence-corrected chi connectivity index (χ4v) is 4.39. The molecule has 0 spiro atoms. The second-order valence-electron chi connectivity index (χ2n) is 6.42. The second kappa shape index (κ2) is 5.91. The zero-order valence-electron chi connectivity index (χ0n) is 13.8. The zero-order chi connectivity index (χ0) is 16.0. The van der Waals surface area contributed by atoms with Crippen LogP contribution < -0.4 is 0 Å². The van der Waals surface area contributed by atoms with Gasteiger partial charge in [-0.15, -0.1) is 0 Å². The Morgan fingerprint density at radius 1 is 1.23 bits per heavy atom. The SMILES string of the molecule is CC1=C(C)C2C(=O)N=C(C(C)N3CC(C)OC(C)C3)N=C2S1. The molecule has 0 N–H and O–H groups in total. The molecule has 0 aromatic rings. The van der Waals surface area contributed by atoms with E-state index in [4.69, 9.17) is 9.73 Å². The van der Waals surface area contributed by atoms with Gasteiger partial charge in [-0.25, -0.2) is 4.99 Å². The van der Waals surface area contributed by atoms with Gasteiger partial charge < -0.3 is 4.74 Å². The molecule has 22 heavy (non-hydrogen) atoms. The minimum absolute atomic E-state index is 0.0352. The average Bonchev–Trinajstić information content (AvgIpc) is 2.72. The molecule has 0 aliphatic carbocycles. The maximum atomic E-state index is 12.4. The minimum atomic E-state index is -0.233. The molecule has 1 amide bonds. The number of hydrogen-bond acceptors (Lipinski definition) is 5. The van der Waals surface area contributed by atoms with Gasteiger partial charge in [0.1, 0.15) is 11.8 Å². The summed E-state index contributed by atoms with van der Waals surface area (Å²) < 4.78 is 5.78. The highest BCUT2D eigenvalue weighted by Gasteiger charge is 2.38. The van der Waals surface area contributed by atoms with E-state index in [1.165, 1.54) is 4.91 Å². The van der Waals surface area contributed by atoms with Crippen LogP contribution in [0.5, 0.6) is 0 Å². The van der Waals surface area contributed by atoms with Crippen molar-refractivity contribution in [2.45, 2.75) is 52.9 Å². The Morgan fingerprint density at radius 2 is 1.86 bits per heavy atom. The van der Waals surface area contributed by atoms with Crippen LogP contribution in [0.15, 0.2) is 20.5 Å². The van der Waals surface area contributed by atoms with Gasteiger partial charge in [-0.05, 0) is 45.1 Å². The average molecular weight is 321 g/mol. The third-order valence-electron chi connectivity index (χ3n) is 4.56. The Labute approximate surface area is 135 Å². The number of thioether (sulfide) groups is 1. The standard InChI is InChI=1S/C16H23N3O2S/c1-8-6-19(7-9(2)21-8)11(4)14-17-15(20)13-10(3)12(5)22-16(13)18-14/h8-9,11,13H,6-7H2,1-5H3. The topological polar surface area (TPSA) is 54.3 Å². The first-order valence-corrected chi connectivity index (χ1v) is 8.64. The Balaban J connectivity index is 1.80. The number of hydrogen-bond donors (Lipinski definition) is 0. The van der Waals surface area contributed by atoms with Crippen molar-refractivity contribution in [3.8, 4) is 0 Å². The lowest BCUT2D eigenvalue weighted by atomic mass is 9.99. The van der Waals surface area contributed by atoms with Crippen LogP contribution in [0.4, 0.5) is 0 Å². The molecular weight excluding hydrogens is 298 g/mol. The smallest absolute Gasteiger partial charge is 0.261 e. The number of carbonyl (C=O) groups excluding carboxylic acids is 1. The lowest BCUT2D eigenvalue weighted by Gasteiger charge is -2.38. The van der Waals surface area contributed by atoms with Crippen LogP contribution in [-0.2, 0) is 9.53 Å². The monoisotopic (exact) mass is 321 g/mol. The highest BCUT2D eigenvalue weighted by molar-refractivity contribution is 8.17. The van der Waals surface area contributed by atoms with Crippen molar-refractivity contribution in [1.82, 2.24) is 4.90 Å². The van der Waals surface area contributed by atoms with Crippen LogP contribution in [-0.4, -0.2) is 53.0 Å². The minimum Gasteiger partial charge on any atom is -0.373 e. The van der Waals surface area contributed by atoms with Crippen LogP contribution in [0.2, 0.25) is 0 Å². The van der Waals surface area contributed by atoms with Gasteiger partial charge in [0, 0.05) is 13.1 Å². The maximum absolute atomic E-state index is 12.4. The van der Waals surface area contributed by atoms with Gasteiger partial charge in [0.2, 0.25) is 0 Å². The van der Waals surface area contributed by atoms with Crippen molar-refractivity contribution < 1.29 is 9.53 Å². The lowest BCUT2D eigenvalue weighted by Crippen LogP contribution is -2.52. The fraction of sp³-hybridized carbons (Fsp3) is 0.688. The summed E-state index contributed by atoms with van der Waals surface area (Å²) in [4.78, 5) is 24.9. The van der Waals surface area contributed by atoms with Crippen LogP contribution in [0.3, 0.4) is 0 Å². The number of ether oxygens (including phenoxy) is 1. The first kappa shape index (κ1) is 15.9. The molecule has 1 fully saturated rings. The Kier molecular flexibility index (Phi) is 4.27. The quantitative estimate of drug-likeness (QED) is 0.784. The molecule has 0 saturated carbocycles. The summed E-state index contributed by atoms with van der Waals surface area (Å²) in [5, 5.41) is 0.895. The normalized spacial score (nSPS) is 34.4. The number of allylic oxidation sites excluding steroid dienone is 1. The molecule has 1 saturated heterocycles. The van der Waals surface area contributed by atoms with Crippen LogP contribution in [0.25, 0.3) is 0 Å². The molecule has 6 heteroatoms. The van der Waals surface area contributed by atoms with Gasteiger partial charge in [-0.2, -0.15) is 4.99 Å². The predicted octanol–water partition coefficient (Wildman–Crippen LogP) is 2.48. The number of rotatable bonds is 2. The van der Waals surface area contributed by atoms with E-state index < -0.39 is 0 Å². The third kappa shape index (κ3) is 2.79. The highest BCUT2D eigenvalue weighted by Crippen LogP contribution is 2.40. The van der Waals surface area contributed by atoms with Crippen LogP contribution in [0.1, 0.15) is 34.6 Å². The van der Waals surface area contributed by atoms with E-state index in [9.17, 15) is 4.79 Å². The zero-order valence-corrected chi connectivity index (χ0v) is 14.6. The maximum Gasteiger partial charge on any atom is 0.261 e. The molecular formula is C16H23N3O2S. The number of fused-ring (bicyclic) bond motifs is 1. The van der Waals surface area contributed by atoms with E-state index in [0.29, 0.717) is 5.84 Å². The molecule has 3 aliphatic rings. The molecule has 0 aromatic carbocycles. The van der Waals surface area contributed by atoms with Crippen molar-refractivity contribution in [2.24, 2.45) is 15.9 Å². The summed E-state index contributed by atoms with van der Waals surface area (Å²) in [6, 6.07) is 0.0352. The predicted molar refractivity (Wildman–Crippen MR) is 90.4 cm³/mol. The summed E-state index contributed by atoms with van der Waals surface area (Å²) in [7, 11) is 0. The summed E-state index contributed by atoms with van der Waals surface area (Å²) >= 11 is 1.61. The van der Waals surface area contributed by atoms with E-state index >= 15 is 0 Å². The van der Waals surface area contributed by atoms with Crippen molar-refractivity contribution in [3.63, 3.8) is 0 Å². The van der Waals surface area contributed by atoms with Crippen molar-refractivity contribution in [1.29, 1.82) is 0 Å². The lowest BCUT2D eigenvalue weighted by molar-refractivity contribution is -0.118. The fourth-order valence-electron chi connectivity index (χ4n) is 3.26. The molecule has 4 unspecified atom stereocenters. The third-order valence-corrected chi connectivity index (χ3v) is 5.72. The van der Waals surface area contributed by atoms with E-state index in [-0.39, 0.29) is 30.1 Å². The highest BCUT2D eigenvalue weighted by atomic mass is 32.2. The van der Waals surface area contributed by atoms with Crippen molar-refractivity contribution in [2.75, 3.05) is 13.1 Å². The molecule has 0 aromatic heterocycles. The van der Waals surface area contributed by atoms with E-state index in [2.05, 4.69) is 30.7 Å². The Bertz CT molecular complexity index is 586. The summed E-state index contributed by atoms with van der Waals surface area (Å²) in [6.45, 7) is 12.0. The summed E-state index contributed by atoms with van der Waals surface area (Å²) in [5.74, 6) is 0.346. The number of morpholine rings is 1. The van der Waals surface area contributed by atoms with Gasteiger partial charge in [0.15, 0.2) is 0 Å². The van der Waals surface area contributed by atoms with Gasteiger partial charge in [-0.3, -0.25) is 9.69 Å². The van der Waals surface area contributed by atoms with Gasteiger partial charge >= 0.3 is 0 Å². The molecule has 5 nitrogen and oxygen atoms in total. The van der Waals surface area contributed by atoms with Crippen LogP contribution in [0, 0.1) is 5.92 Å². The largest absolute Gasteiger partial charge is 0.373 e. The van der Waals surface area contributed by atoms with Gasteiger partial charge in [-0.1, -0.05) is 11.8 Å². The molecule has 0 radical (unpaired) electrons. The Morgan fingerprint density at radius 3 is 2.50 bits per heavy atom. The second-order valence-corrected chi connectivity index (χ2v) is 7.65. The van der Waals surface area contributed by atoms with E-state index in [1.54, 1.807) is 11.8 Å². The Hall–Kier alpha value is -0.980. The molecule has 0 bridgehead atoms. The molecule has 3 heterocycles. The number of nitrogens with zero attached hydrogens (tertiary/aromatic N) is 3. The van der Waals surface area contributed by atoms with E-state index in [0.717, 1.165) is 23.7 Å². The van der Waals surface area contributed by atoms with Crippen LogP contribution >= 0.6 is 11.8 Å². The van der Waals surface area contributed by atoms with Gasteiger partial charge in [0.25, 0.3) is 5.91 Å². The van der Waals surface area contributed by atoms with Gasteiger partial charge in [0.05, 0.1) is 23.3 Å². The number of carbonyl (C=O) groups is 1. The molecule has 3 rings (SSSR count). The summed E-state index contributed by atoms with van der Waals surface area (Å²) in [5.41, 5.74) is 1.10. The van der Waals surface area contributed by atoms with E-state index in [1.807, 2.05) is 13.8 Å². The number of aliphatic imine (C=N–C) groups is 2. The molecule has 4 atom stereocenters. The number of amides is 1. The summed E-state index contributed by atoms with van der Waals surface area (Å²) in [6.07, 6.45) is 0.386. The molecule has 3 aliphatic heterocycles. The van der Waals surface area contributed by atoms with Crippen molar-refractivity contribution in [3.05, 3.63) is 10.5 Å². The first-order chi connectivity index (χ1) is 10.4. The number of amidine groups is 1. The van der Waals surface area contributed by atoms with Crippen molar-refractivity contribution >= 4 is 28.5 Å². The molecule has 120 valence electrons. The first-order valence-electron chi connectivity index (χ1n) is 7.82.